The predicted molar refractivity (Wildman–Crippen MR) is 71.8 cm³/mol. The third-order valence-electron chi connectivity index (χ3n) is 6.06. The Labute approximate surface area is 106 Å². The van der Waals surface area contributed by atoms with E-state index in [1.165, 1.54) is 51.7 Å². The molecule has 2 heteroatoms. The highest BCUT2D eigenvalue weighted by atomic mass is 15.1. The summed E-state index contributed by atoms with van der Waals surface area (Å²) in [5.74, 6) is 3.04. The third kappa shape index (κ3) is 2.15. The lowest BCUT2D eigenvalue weighted by Crippen LogP contribution is -2.52. The lowest BCUT2D eigenvalue weighted by atomic mass is 9.47. The molecule has 4 rings (SSSR count). The molecule has 4 aliphatic rings. The first-order chi connectivity index (χ1) is 8.05. The van der Waals surface area contributed by atoms with Crippen LogP contribution < -0.4 is 5.73 Å². The molecule has 0 spiro atoms. The molecule has 98 valence electrons. The molecule has 0 aromatic heterocycles. The van der Waals surface area contributed by atoms with Crippen molar-refractivity contribution in [3.63, 3.8) is 0 Å². The molecule has 3 aliphatic carbocycles. The molecule has 1 aliphatic heterocycles. The Hall–Kier alpha value is -0.0800. The van der Waals surface area contributed by atoms with Gasteiger partial charge < -0.3 is 10.6 Å². The zero-order valence-electron chi connectivity index (χ0n) is 11.5. The summed E-state index contributed by atoms with van der Waals surface area (Å²) in [6.07, 6.45) is 6.93. The number of piperidine rings is 1. The zero-order valence-corrected chi connectivity index (χ0v) is 11.5. The molecule has 0 amide bonds. The van der Waals surface area contributed by atoms with Gasteiger partial charge in [0.05, 0.1) is 0 Å². The van der Waals surface area contributed by atoms with Gasteiger partial charge in [-0.1, -0.05) is 13.8 Å². The number of nitrogens with two attached hydrogens (primary N) is 1. The maximum Gasteiger partial charge on any atom is 0.00631 e. The Morgan fingerprint density at radius 2 is 1.65 bits per heavy atom. The SMILES string of the molecule is CC1(C)C2CC(CN3CCC(N)CC3)CC1C2. The second kappa shape index (κ2) is 4.24. The summed E-state index contributed by atoms with van der Waals surface area (Å²) in [5.41, 5.74) is 6.64. The van der Waals surface area contributed by atoms with E-state index in [2.05, 4.69) is 18.7 Å². The number of likely N-dealkylation sites (tertiary alicyclic amines) is 1. The van der Waals surface area contributed by atoms with Crippen LogP contribution in [0.1, 0.15) is 46.0 Å². The van der Waals surface area contributed by atoms with Gasteiger partial charge in [0.2, 0.25) is 0 Å². The highest BCUT2D eigenvalue weighted by Crippen LogP contribution is 2.60. The predicted octanol–water partition coefficient (Wildman–Crippen LogP) is 2.48. The van der Waals surface area contributed by atoms with Gasteiger partial charge in [-0.05, 0) is 68.4 Å². The number of nitrogens with zero attached hydrogens (tertiary/aromatic N) is 1. The molecule has 0 radical (unpaired) electrons. The summed E-state index contributed by atoms with van der Waals surface area (Å²) in [5, 5.41) is 0. The fraction of sp³-hybridized carbons (Fsp3) is 1.00. The van der Waals surface area contributed by atoms with Crippen molar-refractivity contribution in [3.05, 3.63) is 0 Å². The van der Waals surface area contributed by atoms with Crippen molar-refractivity contribution in [2.24, 2.45) is 28.9 Å². The van der Waals surface area contributed by atoms with Gasteiger partial charge in [0, 0.05) is 12.6 Å². The highest BCUT2D eigenvalue weighted by Gasteiger charge is 2.52. The molecule has 3 saturated carbocycles. The molecule has 0 aromatic carbocycles. The molecular weight excluding hydrogens is 208 g/mol. The van der Waals surface area contributed by atoms with Crippen LogP contribution in [0.25, 0.3) is 0 Å². The average molecular weight is 236 g/mol. The number of fused-ring (bicyclic) bond motifs is 2. The van der Waals surface area contributed by atoms with Crippen LogP contribution in [-0.2, 0) is 0 Å². The minimum Gasteiger partial charge on any atom is -0.328 e. The Morgan fingerprint density at radius 1 is 1.06 bits per heavy atom. The smallest absolute Gasteiger partial charge is 0.00631 e. The number of hydrogen-bond donors (Lipinski definition) is 1. The first-order valence-electron chi connectivity index (χ1n) is 7.53. The van der Waals surface area contributed by atoms with E-state index in [0.29, 0.717) is 11.5 Å². The molecule has 0 aromatic rings. The molecule has 4 fully saturated rings. The van der Waals surface area contributed by atoms with Crippen LogP contribution in [0.15, 0.2) is 0 Å². The lowest BCUT2D eigenvalue weighted by molar-refractivity contribution is -0.0951. The summed E-state index contributed by atoms with van der Waals surface area (Å²) < 4.78 is 0. The molecule has 17 heavy (non-hydrogen) atoms. The van der Waals surface area contributed by atoms with Crippen molar-refractivity contribution in [3.8, 4) is 0 Å². The van der Waals surface area contributed by atoms with Gasteiger partial charge in [-0.15, -0.1) is 0 Å². The first-order valence-corrected chi connectivity index (χ1v) is 7.53. The van der Waals surface area contributed by atoms with Gasteiger partial charge in [0.1, 0.15) is 0 Å². The topological polar surface area (TPSA) is 29.3 Å². The molecule has 2 bridgehead atoms. The fourth-order valence-electron chi connectivity index (χ4n) is 4.47. The molecule has 1 heterocycles. The standard InChI is InChI=1S/C15H28N2/c1-15(2)12-7-11(8-13(15)9-12)10-17-5-3-14(16)4-6-17/h11-14H,3-10,16H2,1-2H3. The van der Waals surface area contributed by atoms with E-state index in [-0.39, 0.29) is 0 Å². The Morgan fingerprint density at radius 3 is 2.18 bits per heavy atom. The van der Waals surface area contributed by atoms with Crippen molar-refractivity contribution in [1.82, 2.24) is 4.90 Å². The third-order valence-corrected chi connectivity index (χ3v) is 6.06. The maximum absolute atomic E-state index is 5.97. The van der Waals surface area contributed by atoms with Gasteiger partial charge >= 0.3 is 0 Å². The minimum absolute atomic E-state index is 0.477. The van der Waals surface area contributed by atoms with E-state index < -0.39 is 0 Å². The van der Waals surface area contributed by atoms with E-state index in [1.807, 2.05) is 0 Å². The van der Waals surface area contributed by atoms with Crippen LogP contribution in [0.5, 0.6) is 0 Å². The van der Waals surface area contributed by atoms with Gasteiger partial charge in [-0.25, -0.2) is 0 Å². The van der Waals surface area contributed by atoms with E-state index in [1.54, 1.807) is 0 Å². The normalized spacial score (nSPS) is 42.2. The number of rotatable bonds is 2. The molecule has 2 unspecified atom stereocenters. The quantitative estimate of drug-likeness (QED) is 0.798. The second-order valence-corrected chi connectivity index (χ2v) is 7.43. The highest BCUT2D eigenvalue weighted by molar-refractivity contribution is 5.02. The molecular formula is C15H28N2. The van der Waals surface area contributed by atoms with E-state index in [0.717, 1.165) is 17.8 Å². The van der Waals surface area contributed by atoms with E-state index in [4.69, 9.17) is 5.73 Å². The Balaban J connectivity index is 1.49. The van der Waals surface area contributed by atoms with E-state index >= 15 is 0 Å². The monoisotopic (exact) mass is 236 g/mol. The second-order valence-electron chi connectivity index (χ2n) is 7.43. The largest absolute Gasteiger partial charge is 0.328 e. The molecule has 2 nitrogen and oxygen atoms in total. The summed E-state index contributed by atoms with van der Waals surface area (Å²) in [4.78, 5) is 2.67. The maximum atomic E-state index is 5.97. The van der Waals surface area contributed by atoms with E-state index in [9.17, 15) is 0 Å². The van der Waals surface area contributed by atoms with Crippen LogP contribution in [0.2, 0.25) is 0 Å². The zero-order chi connectivity index (χ0) is 12.0. The van der Waals surface area contributed by atoms with Crippen molar-refractivity contribution in [2.45, 2.75) is 52.0 Å². The van der Waals surface area contributed by atoms with Crippen molar-refractivity contribution in [2.75, 3.05) is 19.6 Å². The molecule has 2 atom stereocenters. The van der Waals surface area contributed by atoms with Crippen LogP contribution >= 0.6 is 0 Å². The Kier molecular flexibility index (Phi) is 2.99. The molecule has 2 N–H and O–H groups in total. The summed E-state index contributed by atoms with van der Waals surface area (Å²) >= 11 is 0. The van der Waals surface area contributed by atoms with Gasteiger partial charge in [0.15, 0.2) is 0 Å². The van der Waals surface area contributed by atoms with Crippen LogP contribution in [0, 0.1) is 23.2 Å². The Bertz CT molecular complexity index is 265. The van der Waals surface area contributed by atoms with Crippen LogP contribution in [-0.4, -0.2) is 30.6 Å². The summed E-state index contributed by atoms with van der Waals surface area (Å²) in [6.45, 7) is 8.83. The van der Waals surface area contributed by atoms with Crippen molar-refractivity contribution >= 4 is 0 Å². The van der Waals surface area contributed by atoms with Crippen molar-refractivity contribution < 1.29 is 0 Å². The van der Waals surface area contributed by atoms with Gasteiger partial charge in [-0.2, -0.15) is 0 Å². The van der Waals surface area contributed by atoms with Gasteiger partial charge in [-0.3, -0.25) is 0 Å². The van der Waals surface area contributed by atoms with Crippen LogP contribution in [0.3, 0.4) is 0 Å². The van der Waals surface area contributed by atoms with Crippen LogP contribution in [0.4, 0.5) is 0 Å². The average Bonchev–Trinajstić information content (AvgIpc) is 2.32. The van der Waals surface area contributed by atoms with Crippen molar-refractivity contribution in [1.29, 1.82) is 0 Å². The minimum atomic E-state index is 0.477. The summed E-state index contributed by atoms with van der Waals surface area (Å²) in [7, 11) is 0. The summed E-state index contributed by atoms with van der Waals surface area (Å²) in [6, 6.07) is 0.477. The van der Waals surface area contributed by atoms with Gasteiger partial charge in [0.25, 0.3) is 0 Å². The molecule has 1 saturated heterocycles. The fourth-order valence-corrected chi connectivity index (χ4v) is 4.47. The number of hydrogen-bond acceptors (Lipinski definition) is 2. The first kappa shape index (κ1) is 12.0. The lowest BCUT2D eigenvalue weighted by Gasteiger charge is -2.59.